The van der Waals surface area contributed by atoms with Crippen LogP contribution in [0.4, 0.5) is 0 Å². The summed E-state index contributed by atoms with van der Waals surface area (Å²) in [5.74, 6) is 0.288. The van der Waals surface area contributed by atoms with E-state index >= 15 is 0 Å². The monoisotopic (exact) mass is 370 g/mol. The van der Waals surface area contributed by atoms with Crippen molar-refractivity contribution >= 4 is 22.6 Å². The Kier molecular flexibility index (Phi) is 5.14. The van der Waals surface area contributed by atoms with Gasteiger partial charge in [-0.15, -0.1) is 0 Å². The lowest BCUT2D eigenvalue weighted by atomic mass is 10.0. The number of rotatable bonds is 4. The van der Waals surface area contributed by atoms with E-state index in [1.807, 2.05) is 30.3 Å². The van der Waals surface area contributed by atoms with Crippen molar-refractivity contribution in [2.45, 2.75) is 38.6 Å². The molecule has 26 heavy (non-hydrogen) atoms. The van der Waals surface area contributed by atoms with Gasteiger partial charge in [0.05, 0.1) is 11.3 Å². The summed E-state index contributed by atoms with van der Waals surface area (Å²) in [6, 6.07) is 11.4. The number of hydrogen-bond acceptors (Lipinski definition) is 4. The molecule has 0 spiro atoms. The lowest BCUT2D eigenvalue weighted by molar-refractivity contribution is 0.272. The van der Waals surface area contributed by atoms with Gasteiger partial charge in [0.2, 0.25) is 0 Å². The molecule has 2 heterocycles. The summed E-state index contributed by atoms with van der Waals surface area (Å²) in [5.41, 5.74) is 3.57. The third-order valence-corrected chi connectivity index (χ3v) is 5.41. The average Bonchev–Trinajstić information content (AvgIpc) is 2.86. The number of nitrogens with zero attached hydrogens (tertiary/aromatic N) is 2. The summed E-state index contributed by atoms with van der Waals surface area (Å²) in [7, 11) is 0. The molecule has 5 heteroatoms. The Morgan fingerprint density at radius 2 is 1.73 bits per heavy atom. The molecule has 0 bridgehead atoms. The lowest BCUT2D eigenvalue weighted by Crippen LogP contribution is -2.24. The number of fused-ring (bicyclic) bond motifs is 1. The third-order valence-electron chi connectivity index (χ3n) is 5.16. The zero-order chi connectivity index (χ0) is 17.9. The van der Waals surface area contributed by atoms with Gasteiger partial charge in [-0.25, -0.2) is 0 Å². The van der Waals surface area contributed by atoms with Crippen LogP contribution in [0.25, 0.3) is 11.0 Å². The molecule has 1 fully saturated rings. The topological polar surface area (TPSA) is 49.5 Å². The van der Waals surface area contributed by atoms with Gasteiger partial charge in [-0.3, -0.25) is 4.90 Å². The van der Waals surface area contributed by atoms with E-state index in [4.69, 9.17) is 16.1 Å². The minimum absolute atomic E-state index is 0.288. The first-order valence-corrected chi connectivity index (χ1v) is 9.64. The van der Waals surface area contributed by atoms with Gasteiger partial charge >= 0.3 is 0 Å². The zero-order valence-electron chi connectivity index (χ0n) is 14.7. The van der Waals surface area contributed by atoms with E-state index in [-0.39, 0.29) is 5.75 Å². The van der Waals surface area contributed by atoms with Crippen molar-refractivity contribution in [3.8, 4) is 5.75 Å². The molecule has 1 aromatic heterocycles. The van der Waals surface area contributed by atoms with Crippen LogP contribution < -0.4 is 0 Å². The fourth-order valence-corrected chi connectivity index (χ4v) is 3.82. The molecule has 1 saturated heterocycles. The molecule has 1 N–H and O–H groups in total. The second-order valence-corrected chi connectivity index (χ2v) is 7.50. The number of aromatic nitrogens is 1. The largest absolute Gasteiger partial charge is 0.507 e. The van der Waals surface area contributed by atoms with Gasteiger partial charge in [-0.05, 0) is 55.8 Å². The first-order chi connectivity index (χ1) is 12.7. The van der Waals surface area contributed by atoms with E-state index in [1.165, 1.54) is 25.7 Å². The number of hydrogen-bond donors (Lipinski definition) is 1. The fraction of sp³-hybridized carbons (Fsp3) is 0.381. The highest BCUT2D eigenvalue weighted by Gasteiger charge is 2.19. The molecule has 1 aliphatic rings. The Labute approximate surface area is 158 Å². The summed E-state index contributed by atoms with van der Waals surface area (Å²) in [5, 5.41) is 16.4. The molecule has 1 aliphatic heterocycles. The van der Waals surface area contributed by atoms with Crippen molar-refractivity contribution in [3.05, 3.63) is 58.2 Å². The smallest absolute Gasteiger partial charge is 0.175 e. The van der Waals surface area contributed by atoms with Crippen LogP contribution in [0, 0.1) is 0 Å². The SMILES string of the molecule is Oc1ccc2c(Cc3ccc(Cl)cc3)noc2c1CN1CCCCCC1. The minimum Gasteiger partial charge on any atom is -0.507 e. The zero-order valence-corrected chi connectivity index (χ0v) is 15.5. The Morgan fingerprint density at radius 1 is 1.00 bits per heavy atom. The summed E-state index contributed by atoms with van der Waals surface area (Å²) < 4.78 is 5.67. The number of aromatic hydroxyl groups is 1. The van der Waals surface area contributed by atoms with Crippen molar-refractivity contribution in [2.24, 2.45) is 0 Å². The standard InChI is InChI=1S/C21H23ClN2O2/c22-16-7-5-15(6-8-16)13-19-17-9-10-20(25)18(21(17)26-23-19)14-24-11-3-1-2-4-12-24/h5-10,25H,1-4,11-14H2. The summed E-state index contributed by atoms with van der Waals surface area (Å²) in [4.78, 5) is 2.41. The van der Waals surface area contributed by atoms with Crippen molar-refractivity contribution in [3.63, 3.8) is 0 Å². The van der Waals surface area contributed by atoms with E-state index < -0.39 is 0 Å². The molecule has 0 saturated carbocycles. The number of phenols is 1. The molecule has 0 amide bonds. The molecule has 0 atom stereocenters. The minimum atomic E-state index is 0.288. The van der Waals surface area contributed by atoms with Crippen LogP contribution in [0.1, 0.15) is 42.5 Å². The Balaban J connectivity index is 1.62. The first-order valence-electron chi connectivity index (χ1n) is 9.26. The van der Waals surface area contributed by atoms with Crippen molar-refractivity contribution in [1.29, 1.82) is 0 Å². The van der Waals surface area contributed by atoms with Crippen molar-refractivity contribution in [1.82, 2.24) is 10.1 Å². The Hall–Kier alpha value is -2.04. The van der Waals surface area contributed by atoms with Crippen LogP contribution in [0.2, 0.25) is 5.02 Å². The van der Waals surface area contributed by atoms with Crippen LogP contribution in [0.15, 0.2) is 40.9 Å². The normalized spacial score (nSPS) is 16.0. The summed E-state index contributed by atoms with van der Waals surface area (Å²) >= 11 is 5.96. The lowest BCUT2D eigenvalue weighted by Gasteiger charge is -2.20. The van der Waals surface area contributed by atoms with Gasteiger partial charge in [0.15, 0.2) is 5.58 Å². The molecular weight excluding hydrogens is 348 g/mol. The number of halogens is 1. The van der Waals surface area contributed by atoms with Gasteiger partial charge in [0, 0.05) is 23.4 Å². The second-order valence-electron chi connectivity index (χ2n) is 7.06. The highest BCUT2D eigenvalue weighted by molar-refractivity contribution is 6.30. The van der Waals surface area contributed by atoms with E-state index in [0.29, 0.717) is 18.5 Å². The van der Waals surface area contributed by atoms with Crippen LogP contribution in [0.3, 0.4) is 0 Å². The highest BCUT2D eigenvalue weighted by Crippen LogP contribution is 2.32. The molecule has 4 rings (SSSR count). The quantitative estimate of drug-likeness (QED) is 0.689. The maximum Gasteiger partial charge on any atom is 0.175 e. The molecule has 3 aromatic rings. The molecule has 0 aliphatic carbocycles. The molecule has 0 radical (unpaired) electrons. The molecule has 4 nitrogen and oxygen atoms in total. The van der Waals surface area contributed by atoms with Gasteiger partial charge in [-0.2, -0.15) is 0 Å². The fourth-order valence-electron chi connectivity index (χ4n) is 3.69. The predicted molar refractivity (Wildman–Crippen MR) is 104 cm³/mol. The highest BCUT2D eigenvalue weighted by atomic mass is 35.5. The second kappa shape index (κ2) is 7.68. The van der Waals surface area contributed by atoms with Crippen LogP contribution in [0.5, 0.6) is 5.75 Å². The molecular formula is C21H23ClN2O2. The van der Waals surface area contributed by atoms with Gasteiger partial charge in [0.1, 0.15) is 5.75 Å². The van der Waals surface area contributed by atoms with Crippen LogP contribution in [-0.4, -0.2) is 28.3 Å². The van der Waals surface area contributed by atoms with E-state index in [9.17, 15) is 5.11 Å². The molecule has 136 valence electrons. The Bertz CT molecular complexity index is 881. The van der Waals surface area contributed by atoms with Gasteiger partial charge < -0.3 is 9.63 Å². The van der Waals surface area contributed by atoms with E-state index in [1.54, 1.807) is 6.07 Å². The number of benzene rings is 2. The number of phenolic OH excluding ortho intramolecular Hbond substituents is 1. The molecule has 2 aromatic carbocycles. The number of likely N-dealkylation sites (tertiary alicyclic amines) is 1. The Morgan fingerprint density at radius 3 is 2.46 bits per heavy atom. The maximum atomic E-state index is 10.4. The van der Waals surface area contributed by atoms with Crippen molar-refractivity contribution in [2.75, 3.05) is 13.1 Å². The predicted octanol–water partition coefficient (Wildman–Crippen LogP) is 5.15. The van der Waals surface area contributed by atoms with Gasteiger partial charge in [-0.1, -0.05) is 41.7 Å². The molecule has 0 unspecified atom stereocenters. The van der Waals surface area contributed by atoms with E-state index in [2.05, 4.69) is 10.1 Å². The van der Waals surface area contributed by atoms with Gasteiger partial charge in [0.25, 0.3) is 0 Å². The third kappa shape index (κ3) is 3.71. The average molecular weight is 371 g/mol. The maximum absolute atomic E-state index is 10.4. The first kappa shape index (κ1) is 17.4. The summed E-state index contributed by atoms with van der Waals surface area (Å²) in [6.45, 7) is 2.85. The summed E-state index contributed by atoms with van der Waals surface area (Å²) in [6.07, 6.45) is 5.70. The van der Waals surface area contributed by atoms with E-state index in [0.717, 1.165) is 40.3 Å². The van der Waals surface area contributed by atoms with Crippen LogP contribution >= 0.6 is 11.6 Å². The van der Waals surface area contributed by atoms with Crippen LogP contribution in [-0.2, 0) is 13.0 Å². The van der Waals surface area contributed by atoms with Crippen molar-refractivity contribution < 1.29 is 9.63 Å².